The van der Waals surface area contributed by atoms with Crippen LogP contribution in [0.25, 0.3) is 10.9 Å². The third kappa shape index (κ3) is 2.62. The SMILES string of the molecule is O=c1c(S(=O)(=O)c2ccc(F)c(F)c2)c[nH]c2cc(Cl)ccc12. The number of hydrogen-bond acceptors (Lipinski definition) is 3. The van der Waals surface area contributed by atoms with Gasteiger partial charge in [0.2, 0.25) is 15.3 Å². The molecule has 1 aromatic heterocycles. The lowest BCUT2D eigenvalue weighted by Gasteiger charge is -2.06. The van der Waals surface area contributed by atoms with Crippen molar-refractivity contribution in [3.63, 3.8) is 0 Å². The van der Waals surface area contributed by atoms with Gasteiger partial charge >= 0.3 is 0 Å². The Labute approximate surface area is 134 Å². The second-order valence-corrected chi connectivity index (χ2v) is 7.11. The Morgan fingerprint density at radius 3 is 2.43 bits per heavy atom. The first-order valence-electron chi connectivity index (χ1n) is 6.32. The van der Waals surface area contributed by atoms with Crippen LogP contribution in [-0.2, 0) is 9.84 Å². The van der Waals surface area contributed by atoms with Crippen molar-refractivity contribution in [1.82, 2.24) is 4.98 Å². The molecule has 118 valence electrons. The van der Waals surface area contributed by atoms with Crippen molar-refractivity contribution in [2.24, 2.45) is 0 Å². The highest BCUT2D eigenvalue weighted by molar-refractivity contribution is 7.91. The quantitative estimate of drug-likeness (QED) is 0.717. The maximum Gasteiger partial charge on any atom is 0.212 e. The summed E-state index contributed by atoms with van der Waals surface area (Å²) in [6, 6.07) is 6.45. The number of pyridine rings is 1. The van der Waals surface area contributed by atoms with E-state index >= 15 is 0 Å². The number of hydrogen-bond donors (Lipinski definition) is 1. The molecule has 3 aromatic rings. The first-order chi connectivity index (χ1) is 10.8. The van der Waals surface area contributed by atoms with Crippen LogP contribution >= 0.6 is 11.6 Å². The third-order valence-corrected chi connectivity index (χ3v) is 5.29. The number of aromatic amines is 1. The average Bonchev–Trinajstić information content (AvgIpc) is 2.49. The highest BCUT2D eigenvalue weighted by Crippen LogP contribution is 2.22. The van der Waals surface area contributed by atoms with Gasteiger partial charge in [-0.05, 0) is 36.4 Å². The van der Waals surface area contributed by atoms with E-state index in [1.807, 2.05) is 0 Å². The van der Waals surface area contributed by atoms with Crippen LogP contribution in [-0.4, -0.2) is 13.4 Å². The molecule has 1 N–H and O–H groups in total. The molecule has 0 aliphatic rings. The van der Waals surface area contributed by atoms with Gasteiger partial charge in [-0.25, -0.2) is 17.2 Å². The Balaban J connectivity index is 2.26. The molecule has 0 spiro atoms. The van der Waals surface area contributed by atoms with Gasteiger partial charge in [0, 0.05) is 16.6 Å². The molecule has 8 heteroatoms. The smallest absolute Gasteiger partial charge is 0.212 e. The molecule has 4 nitrogen and oxygen atoms in total. The summed E-state index contributed by atoms with van der Waals surface area (Å²) >= 11 is 5.81. The van der Waals surface area contributed by atoms with Crippen molar-refractivity contribution in [3.05, 3.63) is 69.5 Å². The molecule has 0 saturated heterocycles. The molecule has 0 fully saturated rings. The third-order valence-electron chi connectivity index (χ3n) is 3.30. The Hall–Kier alpha value is -2.25. The lowest BCUT2D eigenvalue weighted by molar-refractivity contribution is 0.504. The topological polar surface area (TPSA) is 67.0 Å². The summed E-state index contributed by atoms with van der Waals surface area (Å²) in [7, 11) is -4.29. The van der Waals surface area contributed by atoms with Crippen LogP contribution in [0.3, 0.4) is 0 Å². The van der Waals surface area contributed by atoms with Gasteiger partial charge in [-0.2, -0.15) is 0 Å². The standard InChI is InChI=1S/C15H8ClF2NO3S/c16-8-1-3-10-13(5-8)19-7-14(15(10)20)23(21,22)9-2-4-11(17)12(18)6-9/h1-7H,(H,19,20). The number of sulfone groups is 1. The molecule has 2 aromatic carbocycles. The second kappa shape index (κ2) is 5.43. The van der Waals surface area contributed by atoms with Gasteiger partial charge in [-0.15, -0.1) is 0 Å². The van der Waals surface area contributed by atoms with Crippen LogP contribution in [0.2, 0.25) is 5.02 Å². The lowest BCUT2D eigenvalue weighted by Crippen LogP contribution is -2.16. The normalized spacial score (nSPS) is 11.8. The maximum atomic E-state index is 13.3. The fourth-order valence-corrected chi connectivity index (χ4v) is 3.65. The first-order valence-corrected chi connectivity index (χ1v) is 8.18. The molecule has 0 amide bonds. The van der Waals surface area contributed by atoms with Gasteiger partial charge in [0.25, 0.3) is 0 Å². The molecular weight excluding hydrogens is 348 g/mol. The zero-order valence-electron chi connectivity index (χ0n) is 11.3. The van der Waals surface area contributed by atoms with Crippen LogP contribution in [0.4, 0.5) is 8.78 Å². The fourth-order valence-electron chi connectivity index (χ4n) is 2.15. The monoisotopic (exact) mass is 355 g/mol. The number of aromatic nitrogens is 1. The molecule has 0 unspecified atom stereocenters. The molecular formula is C15H8ClF2NO3S. The minimum Gasteiger partial charge on any atom is -0.360 e. The van der Waals surface area contributed by atoms with Crippen LogP contribution in [0.15, 0.2) is 57.2 Å². The summed E-state index contributed by atoms with van der Waals surface area (Å²) in [5, 5.41) is 0.502. The number of H-pyrrole nitrogens is 1. The van der Waals surface area contributed by atoms with Gasteiger partial charge in [-0.1, -0.05) is 11.6 Å². The van der Waals surface area contributed by atoms with Crippen LogP contribution in [0.5, 0.6) is 0 Å². The Morgan fingerprint density at radius 2 is 1.74 bits per heavy atom. The summed E-state index contributed by atoms with van der Waals surface area (Å²) in [6.07, 6.45) is 1.01. The molecule has 1 heterocycles. The van der Waals surface area contributed by atoms with E-state index in [4.69, 9.17) is 11.6 Å². The molecule has 0 atom stereocenters. The summed E-state index contributed by atoms with van der Waals surface area (Å²) < 4.78 is 51.2. The van der Waals surface area contributed by atoms with Crippen molar-refractivity contribution in [2.45, 2.75) is 9.79 Å². The lowest BCUT2D eigenvalue weighted by atomic mass is 10.2. The highest BCUT2D eigenvalue weighted by Gasteiger charge is 2.23. The largest absolute Gasteiger partial charge is 0.360 e. The molecule has 0 radical (unpaired) electrons. The minimum atomic E-state index is -4.29. The zero-order chi connectivity index (χ0) is 16.8. The number of benzene rings is 2. The van der Waals surface area contributed by atoms with E-state index in [1.165, 1.54) is 18.2 Å². The summed E-state index contributed by atoms with van der Waals surface area (Å²) in [5.41, 5.74) is -0.383. The van der Waals surface area contributed by atoms with Gasteiger partial charge in [-0.3, -0.25) is 4.79 Å². The predicted octanol–water partition coefficient (Wildman–Crippen LogP) is 3.29. The molecule has 3 rings (SSSR count). The molecule has 0 aliphatic heterocycles. The minimum absolute atomic E-state index is 0.123. The van der Waals surface area contributed by atoms with Gasteiger partial charge in [0.1, 0.15) is 4.90 Å². The Morgan fingerprint density at radius 1 is 1.00 bits per heavy atom. The predicted molar refractivity (Wildman–Crippen MR) is 81.4 cm³/mol. The molecule has 23 heavy (non-hydrogen) atoms. The zero-order valence-corrected chi connectivity index (χ0v) is 12.9. The Bertz CT molecular complexity index is 1090. The first kappa shape index (κ1) is 15.6. The number of nitrogens with one attached hydrogen (secondary N) is 1. The van der Waals surface area contributed by atoms with Crippen molar-refractivity contribution in [3.8, 4) is 0 Å². The number of halogens is 3. The second-order valence-electron chi connectivity index (χ2n) is 4.75. The van der Waals surface area contributed by atoms with E-state index in [0.29, 0.717) is 22.7 Å². The van der Waals surface area contributed by atoms with Crippen LogP contribution in [0.1, 0.15) is 0 Å². The average molecular weight is 356 g/mol. The summed E-state index contributed by atoms with van der Waals surface area (Å²) in [5.74, 6) is -2.49. The van der Waals surface area contributed by atoms with E-state index in [0.717, 1.165) is 12.3 Å². The van der Waals surface area contributed by atoms with Crippen molar-refractivity contribution in [2.75, 3.05) is 0 Å². The number of fused-ring (bicyclic) bond motifs is 1. The molecule has 0 aliphatic carbocycles. The maximum absolute atomic E-state index is 13.3. The van der Waals surface area contributed by atoms with Crippen molar-refractivity contribution < 1.29 is 17.2 Å². The fraction of sp³-hybridized carbons (Fsp3) is 0. The summed E-state index contributed by atoms with van der Waals surface area (Å²) in [4.78, 5) is 14.0. The van der Waals surface area contributed by atoms with E-state index in [9.17, 15) is 22.0 Å². The van der Waals surface area contributed by atoms with E-state index < -0.39 is 36.7 Å². The van der Waals surface area contributed by atoms with E-state index in [-0.39, 0.29) is 5.39 Å². The van der Waals surface area contributed by atoms with Gasteiger partial charge in [0.05, 0.1) is 10.4 Å². The van der Waals surface area contributed by atoms with E-state index in [1.54, 1.807) is 0 Å². The summed E-state index contributed by atoms with van der Waals surface area (Å²) in [6.45, 7) is 0. The van der Waals surface area contributed by atoms with Crippen LogP contribution < -0.4 is 5.43 Å². The van der Waals surface area contributed by atoms with Gasteiger partial charge < -0.3 is 4.98 Å². The molecule has 0 bridgehead atoms. The van der Waals surface area contributed by atoms with Gasteiger partial charge in [0.15, 0.2) is 11.6 Å². The van der Waals surface area contributed by atoms with E-state index in [2.05, 4.69) is 4.98 Å². The van der Waals surface area contributed by atoms with Crippen LogP contribution in [0, 0.1) is 11.6 Å². The molecule has 0 saturated carbocycles. The van der Waals surface area contributed by atoms with Crippen molar-refractivity contribution >= 4 is 32.3 Å². The number of rotatable bonds is 2. The Kier molecular flexibility index (Phi) is 3.69. The van der Waals surface area contributed by atoms with Crippen molar-refractivity contribution in [1.29, 1.82) is 0 Å². The highest BCUT2D eigenvalue weighted by atomic mass is 35.5.